The van der Waals surface area contributed by atoms with Crippen LogP contribution < -0.4 is 4.90 Å². The van der Waals surface area contributed by atoms with Crippen molar-refractivity contribution in [2.45, 2.75) is 57.8 Å². The number of hydrogen-bond donors (Lipinski definition) is 0. The minimum atomic E-state index is -0.157. The molecule has 0 amide bonds. The summed E-state index contributed by atoms with van der Waals surface area (Å²) in [5.41, 5.74) is 14.5. The number of nitrogens with zero attached hydrogens (tertiary/aromatic N) is 1. The highest BCUT2D eigenvalue weighted by atomic mass is 32.1. The number of benzene rings is 7. The van der Waals surface area contributed by atoms with Crippen LogP contribution in [-0.4, -0.2) is 0 Å². The summed E-state index contributed by atoms with van der Waals surface area (Å²) in [6.07, 6.45) is 0. The molecule has 0 aliphatic heterocycles. The molecule has 2 aliphatic rings. The number of rotatable bonds is 3. The fourth-order valence-electron chi connectivity index (χ4n) is 9.18. The Kier molecular flexibility index (Phi) is 6.27. The molecular formula is C49H41NS. The van der Waals surface area contributed by atoms with Crippen LogP contribution in [0.1, 0.15) is 63.8 Å². The van der Waals surface area contributed by atoms with E-state index in [1.165, 1.54) is 86.8 Å². The molecule has 2 aliphatic carbocycles. The van der Waals surface area contributed by atoms with E-state index < -0.39 is 0 Å². The van der Waals surface area contributed by atoms with Crippen molar-refractivity contribution < 1.29 is 0 Å². The maximum atomic E-state index is 2.58. The lowest BCUT2D eigenvalue weighted by molar-refractivity contribution is 0.299. The lowest BCUT2D eigenvalue weighted by Crippen LogP contribution is -2.43. The summed E-state index contributed by atoms with van der Waals surface area (Å²) >= 11 is 1.87. The number of thiophene rings is 1. The van der Waals surface area contributed by atoms with Gasteiger partial charge in [0.15, 0.2) is 0 Å². The molecule has 1 nitrogen and oxygen atoms in total. The maximum absolute atomic E-state index is 2.58. The van der Waals surface area contributed by atoms with E-state index in [0.717, 1.165) is 5.69 Å². The number of para-hydroxylation sites is 1. The largest absolute Gasteiger partial charge is 0.310 e. The fourth-order valence-corrected chi connectivity index (χ4v) is 10.3. The quantitative estimate of drug-likeness (QED) is 0.180. The van der Waals surface area contributed by atoms with Crippen molar-refractivity contribution in [3.8, 4) is 22.3 Å². The first-order valence-corrected chi connectivity index (χ1v) is 19.0. The van der Waals surface area contributed by atoms with E-state index in [1.54, 1.807) is 0 Å². The van der Waals surface area contributed by atoms with Crippen LogP contribution in [0.5, 0.6) is 0 Å². The van der Waals surface area contributed by atoms with Crippen LogP contribution in [0.15, 0.2) is 140 Å². The van der Waals surface area contributed by atoms with Crippen LogP contribution in [0.2, 0.25) is 0 Å². The van der Waals surface area contributed by atoms with E-state index in [1.807, 2.05) is 11.3 Å². The van der Waals surface area contributed by atoms with E-state index >= 15 is 0 Å². The SMILES string of the molecule is CC1(C)c2cc(N(c3ccccc3)c3ccc4sc5ccccc5c4c3)ccc2-c2cc3c(cc21)C(C)(C)C(C)(C)c1cc2ccccc2cc1-3. The van der Waals surface area contributed by atoms with E-state index in [0.29, 0.717) is 0 Å². The van der Waals surface area contributed by atoms with E-state index in [4.69, 9.17) is 0 Å². The summed E-state index contributed by atoms with van der Waals surface area (Å²) < 4.78 is 2.65. The predicted molar refractivity (Wildman–Crippen MR) is 221 cm³/mol. The standard InChI is InChI=1S/C49H41NS/c1-47(2)41-27-34(50(32-16-8-7-9-17-32)33-21-23-46-40(26-33)36-18-12-13-19-45(36)51-46)20-22-35(41)38-28-39-37-24-30-14-10-11-15-31(30)25-43(37)48(3,4)49(5,6)44(39)29-42(38)47/h7-29H,1-6H3. The van der Waals surface area contributed by atoms with Crippen LogP contribution in [0.3, 0.4) is 0 Å². The Morgan fingerprint density at radius 1 is 0.392 bits per heavy atom. The van der Waals surface area contributed by atoms with Gasteiger partial charge in [-0.05, 0) is 133 Å². The van der Waals surface area contributed by atoms with E-state index in [9.17, 15) is 0 Å². The molecule has 0 saturated heterocycles. The van der Waals surface area contributed by atoms with Gasteiger partial charge in [-0.3, -0.25) is 0 Å². The van der Waals surface area contributed by atoms with Gasteiger partial charge in [0.2, 0.25) is 0 Å². The monoisotopic (exact) mass is 675 g/mol. The fraction of sp³-hybridized carbons (Fsp3) is 0.184. The molecule has 0 fully saturated rings. The third kappa shape index (κ3) is 4.20. The van der Waals surface area contributed by atoms with Crippen molar-refractivity contribution >= 4 is 59.3 Å². The Morgan fingerprint density at radius 2 is 0.961 bits per heavy atom. The minimum absolute atomic E-state index is 0.0402. The summed E-state index contributed by atoms with van der Waals surface area (Å²) in [6, 6.07) is 52.6. The summed E-state index contributed by atoms with van der Waals surface area (Å²) in [6.45, 7) is 14.6. The average molecular weight is 676 g/mol. The first-order valence-electron chi connectivity index (χ1n) is 18.2. The van der Waals surface area contributed by atoms with Crippen molar-refractivity contribution in [3.05, 3.63) is 162 Å². The highest BCUT2D eigenvalue weighted by Crippen LogP contribution is 2.59. The topological polar surface area (TPSA) is 3.24 Å². The molecule has 0 bridgehead atoms. The molecule has 0 saturated carbocycles. The summed E-state index contributed by atoms with van der Waals surface area (Å²) in [4.78, 5) is 2.43. The van der Waals surface area contributed by atoms with Crippen LogP contribution >= 0.6 is 11.3 Å². The van der Waals surface area contributed by atoms with Gasteiger partial charge in [0.25, 0.3) is 0 Å². The molecule has 1 aromatic heterocycles. The first kappa shape index (κ1) is 30.6. The normalized spacial score (nSPS) is 16.1. The van der Waals surface area contributed by atoms with E-state index in [-0.39, 0.29) is 16.2 Å². The van der Waals surface area contributed by atoms with Crippen LogP contribution in [-0.2, 0) is 16.2 Å². The second kappa shape index (κ2) is 10.4. The van der Waals surface area contributed by atoms with Crippen molar-refractivity contribution in [3.63, 3.8) is 0 Å². The minimum Gasteiger partial charge on any atom is -0.310 e. The Hall–Kier alpha value is -5.18. The van der Waals surface area contributed by atoms with Crippen LogP contribution in [0, 0.1) is 0 Å². The summed E-state index contributed by atoms with van der Waals surface area (Å²) in [5, 5.41) is 5.26. The molecule has 2 heteroatoms. The van der Waals surface area contributed by atoms with Gasteiger partial charge in [-0.15, -0.1) is 11.3 Å². The second-order valence-corrected chi connectivity index (χ2v) is 17.3. The molecule has 7 aromatic carbocycles. The van der Waals surface area contributed by atoms with Gasteiger partial charge < -0.3 is 4.90 Å². The number of hydrogen-bond acceptors (Lipinski definition) is 2. The summed E-state index contributed by atoms with van der Waals surface area (Å²) in [7, 11) is 0. The highest BCUT2D eigenvalue weighted by molar-refractivity contribution is 7.25. The van der Waals surface area contributed by atoms with Gasteiger partial charge in [-0.25, -0.2) is 0 Å². The van der Waals surface area contributed by atoms with Crippen molar-refractivity contribution in [2.24, 2.45) is 0 Å². The van der Waals surface area contributed by atoms with Gasteiger partial charge in [0.1, 0.15) is 0 Å². The van der Waals surface area contributed by atoms with Gasteiger partial charge in [0.05, 0.1) is 0 Å². The molecule has 0 N–H and O–H groups in total. The highest BCUT2D eigenvalue weighted by Gasteiger charge is 2.48. The Bertz CT molecular complexity index is 2720. The predicted octanol–water partition coefficient (Wildman–Crippen LogP) is 14.2. The second-order valence-electron chi connectivity index (χ2n) is 16.2. The van der Waals surface area contributed by atoms with Crippen molar-refractivity contribution in [1.82, 2.24) is 0 Å². The number of fused-ring (bicyclic) bond motifs is 10. The third-order valence-corrected chi connectivity index (χ3v) is 13.9. The molecular weight excluding hydrogens is 635 g/mol. The van der Waals surface area contributed by atoms with E-state index in [2.05, 4.69) is 186 Å². The smallest absolute Gasteiger partial charge is 0.0468 e. The number of anilines is 3. The molecule has 8 aromatic rings. The lowest BCUT2D eigenvalue weighted by atomic mass is 9.55. The van der Waals surface area contributed by atoms with Gasteiger partial charge in [-0.1, -0.05) is 114 Å². The van der Waals surface area contributed by atoms with Gasteiger partial charge in [-0.2, -0.15) is 0 Å². The molecule has 248 valence electrons. The summed E-state index contributed by atoms with van der Waals surface area (Å²) in [5.74, 6) is 0. The molecule has 0 unspecified atom stereocenters. The molecule has 0 radical (unpaired) electrons. The van der Waals surface area contributed by atoms with Gasteiger partial charge in [0, 0.05) is 42.6 Å². The molecule has 10 rings (SSSR count). The zero-order valence-corrected chi connectivity index (χ0v) is 31.0. The molecule has 51 heavy (non-hydrogen) atoms. The Labute approximate surface area is 304 Å². The first-order chi connectivity index (χ1) is 24.5. The Morgan fingerprint density at radius 3 is 1.75 bits per heavy atom. The zero-order valence-electron chi connectivity index (χ0n) is 30.1. The maximum Gasteiger partial charge on any atom is 0.0468 e. The van der Waals surface area contributed by atoms with Crippen LogP contribution in [0.25, 0.3) is 53.2 Å². The van der Waals surface area contributed by atoms with Gasteiger partial charge >= 0.3 is 0 Å². The van der Waals surface area contributed by atoms with Crippen LogP contribution in [0.4, 0.5) is 17.1 Å². The zero-order chi connectivity index (χ0) is 34.9. The lowest BCUT2D eigenvalue weighted by Gasteiger charge is -2.49. The molecule has 1 heterocycles. The Balaban J connectivity index is 1.16. The third-order valence-electron chi connectivity index (χ3n) is 12.8. The molecule has 0 atom stereocenters. The van der Waals surface area contributed by atoms with Crippen molar-refractivity contribution in [1.29, 1.82) is 0 Å². The van der Waals surface area contributed by atoms with Crippen molar-refractivity contribution in [2.75, 3.05) is 4.90 Å². The average Bonchev–Trinajstić information content (AvgIpc) is 3.61. The molecule has 0 spiro atoms.